The highest BCUT2D eigenvalue weighted by Crippen LogP contribution is 2.44. The highest BCUT2D eigenvalue weighted by atomic mass is 35.5. The Morgan fingerprint density at radius 2 is 1.94 bits per heavy atom. The molecule has 4 aromatic rings. The van der Waals surface area contributed by atoms with Crippen LogP contribution in [0.3, 0.4) is 0 Å². The van der Waals surface area contributed by atoms with E-state index in [1.165, 1.54) is 16.2 Å². The second-order valence-corrected chi connectivity index (χ2v) is 9.73. The molecule has 1 aliphatic heterocycles. The Morgan fingerprint density at radius 3 is 2.72 bits per heavy atom. The Kier molecular flexibility index (Phi) is 6.71. The predicted octanol–water partition coefficient (Wildman–Crippen LogP) is 6.15. The molecule has 1 N–H and O–H groups in total. The minimum atomic E-state index is -0.881. The number of ether oxygens (including phenoxy) is 1. The summed E-state index contributed by atoms with van der Waals surface area (Å²) in [6.07, 6.45) is 5.05. The molecule has 3 heterocycles. The lowest BCUT2D eigenvalue weighted by Crippen LogP contribution is -2.29. The van der Waals surface area contributed by atoms with Gasteiger partial charge in [-0.1, -0.05) is 48.4 Å². The van der Waals surface area contributed by atoms with E-state index in [0.717, 1.165) is 17.5 Å². The van der Waals surface area contributed by atoms with Gasteiger partial charge < -0.3 is 9.84 Å². The van der Waals surface area contributed by atoms with E-state index in [1.807, 2.05) is 0 Å². The SMILES string of the molecule is CCCCOc1cccc(C(O)=C2C(=O)C(=O)N(c3nc4ccc(Cl)cc4s3)C2c2ccncc2)c1. The number of unbranched alkanes of at least 4 members (excludes halogenated alkanes) is 1. The fraction of sp³-hybridized carbons (Fsp3) is 0.185. The molecule has 0 bridgehead atoms. The number of anilines is 1. The molecule has 182 valence electrons. The van der Waals surface area contributed by atoms with Crippen LogP contribution < -0.4 is 9.64 Å². The van der Waals surface area contributed by atoms with Gasteiger partial charge >= 0.3 is 5.91 Å². The number of hydrogen-bond acceptors (Lipinski definition) is 7. The van der Waals surface area contributed by atoms with Gasteiger partial charge in [0.2, 0.25) is 0 Å². The first-order valence-corrected chi connectivity index (χ1v) is 12.7. The van der Waals surface area contributed by atoms with E-state index in [0.29, 0.717) is 39.2 Å². The Hall–Kier alpha value is -3.75. The summed E-state index contributed by atoms with van der Waals surface area (Å²) in [6, 6.07) is 14.7. The first-order valence-electron chi connectivity index (χ1n) is 11.5. The number of Topliss-reactive ketones (excluding diaryl/α,β-unsaturated/α-hetero) is 1. The van der Waals surface area contributed by atoms with Crippen LogP contribution in [0.2, 0.25) is 5.02 Å². The number of amides is 1. The molecule has 1 amide bonds. The summed E-state index contributed by atoms with van der Waals surface area (Å²) in [5.74, 6) is -1.25. The maximum absolute atomic E-state index is 13.4. The summed E-state index contributed by atoms with van der Waals surface area (Å²) in [5.41, 5.74) is 1.65. The molecule has 1 fully saturated rings. The third-order valence-corrected chi connectivity index (χ3v) is 7.14. The number of fused-ring (bicyclic) bond motifs is 1. The lowest BCUT2D eigenvalue weighted by atomic mass is 9.96. The van der Waals surface area contributed by atoms with Gasteiger partial charge in [-0.05, 0) is 54.4 Å². The zero-order valence-corrected chi connectivity index (χ0v) is 20.9. The summed E-state index contributed by atoms with van der Waals surface area (Å²) in [5, 5.41) is 12.2. The lowest BCUT2D eigenvalue weighted by Gasteiger charge is -2.22. The highest BCUT2D eigenvalue weighted by molar-refractivity contribution is 7.22. The lowest BCUT2D eigenvalue weighted by molar-refractivity contribution is -0.132. The van der Waals surface area contributed by atoms with Gasteiger partial charge in [-0.2, -0.15) is 0 Å². The van der Waals surface area contributed by atoms with Gasteiger partial charge in [-0.3, -0.25) is 19.5 Å². The van der Waals surface area contributed by atoms with Crippen molar-refractivity contribution in [1.82, 2.24) is 9.97 Å². The van der Waals surface area contributed by atoms with Crippen LogP contribution in [0.5, 0.6) is 5.75 Å². The highest BCUT2D eigenvalue weighted by Gasteiger charge is 2.48. The summed E-state index contributed by atoms with van der Waals surface area (Å²) in [6.45, 7) is 2.62. The van der Waals surface area contributed by atoms with E-state index < -0.39 is 17.7 Å². The largest absolute Gasteiger partial charge is 0.507 e. The molecular formula is C27H22ClN3O4S. The van der Waals surface area contributed by atoms with E-state index in [4.69, 9.17) is 16.3 Å². The number of thiazole rings is 1. The van der Waals surface area contributed by atoms with Gasteiger partial charge in [0.25, 0.3) is 5.78 Å². The summed E-state index contributed by atoms with van der Waals surface area (Å²) < 4.78 is 6.55. The van der Waals surface area contributed by atoms with Gasteiger partial charge in [-0.25, -0.2) is 4.98 Å². The molecule has 0 spiro atoms. The normalized spacial score (nSPS) is 17.2. The van der Waals surface area contributed by atoms with E-state index in [2.05, 4.69) is 16.9 Å². The standard InChI is InChI=1S/C27H22ClN3O4S/c1-2-3-13-35-19-6-4-5-17(14-19)24(32)22-23(16-9-11-29-12-10-16)31(26(34)25(22)33)27-30-20-8-7-18(28)15-21(20)36-27/h4-12,14-15,23,32H,2-3,13H2,1H3. The molecule has 36 heavy (non-hydrogen) atoms. The van der Waals surface area contributed by atoms with Crippen molar-refractivity contribution < 1.29 is 19.4 Å². The fourth-order valence-electron chi connectivity index (χ4n) is 4.10. The first kappa shape index (κ1) is 24.0. The van der Waals surface area contributed by atoms with Crippen LogP contribution in [0, 0.1) is 0 Å². The number of carbonyl (C=O) groups excluding carboxylic acids is 2. The average Bonchev–Trinajstić information content (AvgIpc) is 3.42. The molecule has 0 aliphatic carbocycles. The van der Waals surface area contributed by atoms with Crippen molar-refractivity contribution in [3.8, 4) is 5.75 Å². The quantitative estimate of drug-likeness (QED) is 0.136. The Bertz CT molecular complexity index is 1480. The van der Waals surface area contributed by atoms with Crippen molar-refractivity contribution in [1.29, 1.82) is 0 Å². The van der Waals surface area contributed by atoms with Crippen LogP contribution in [0.4, 0.5) is 5.13 Å². The topological polar surface area (TPSA) is 92.6 Å². The molecule has 2 aromatic heterocycles. The minimum absolute atomic E-state index is 0.0193. The second-order valence-electron chi connectivity index (χ2n) is 8.29. The van der Waals surface area contributed by atoms with Gasteiger partial charge in [0.1, 0.15) is 11.5 Å². The number of nitrogens with zero attached hydrogens (tertiary/aromatic N) is 3. The van der Waals surface area contributed by atoms with Crippen molar-refractivity contribution >= 4 is 55.7 Å². The van der Waals surface area contributed by atoms with Gasteiger partial charge in [-0.15, -0.1) is 0 Å². The zero-order valence-electron chi connectivity index (χ0n) is 19.3. The van der Waals surface area contributed by atoms with E-state index in [-0.39, 0.29) is 11.3 Å². The number of hydrogen-bond donors (Lipinski definition) is 1. The summed E-state index contributed by atoms with van der Waals surface area (Å²) in [7, 11) is 0. The molecule has 9 heteroatoms. The summed E-state index contributed by atoms with van der Waals surface area (Å²) in [4.78, 5) is 36.7. The molecule has 1 unspecified atom stereocenters. The van der Waals surface area contributed by atoms with Crippen LogP contribution >= 0.6 is 22.9 Å². The average molecular weight is 520 g/mol. The molecule has 2 aromatic carbocycles. The predicted molar refractivity (Wildman–Crippen MR) is 140 cm³/mol. The molecule has 0 radical (unpaired) electrons. The number of rotatable bonds is 7. The molecule has 1 saturated heterocycles. The molecule has 5 rings (SSSR count). The van der Waals surface area contributed by atoms with Crippen molar-refractivity contribution in [3.63, 3.8) is 0 Å². The molecular weight excluding hydrogens is 498 g/mol. The third-order valence-electron chi connectivity index (χ3n) is 5.89. The number of pyridine rings is 1. The van der Waals surface area contributed by atoms with Crippen molar-refractivity contribution in [3.05, 3.63) is 88.7 Å². The number of aliphatic hydroxyl groups is 1. The zero-order chi connectivity index (χ0) is 25.2. The van der Waals surface area contributed by atoms with E-state index in [1.54, 1.807) is 67.0 Å². The number of carbonyl (C=O) groups is 2. The minimum Gasteiger partial charge on any atom is -0.507 e. The monoisotopic (exact) mass is 519 g/mol. The van der Waals surface area contributed by atoms with Crippen LogP contribution in [-0.2, 0) is 9.59 Å². The van der Waals surface area contributed by atoms with E-state index >= 15 is 0 Å². The maximum Gasteiger partial charge on any atom is 0.301 e. The molecule has 1 atom stereocenters. The Balaban J connectivity index is 1.63. The van der Waals surface area contributed by atoms with Crippen LogP contribution in [0.15, 0.2) is 72.6 Å². The number of ketones is 1. The summed E-state index contributed by atoms with van der Waals surface area (Å²) >= 11 is 7.39. The van der Waals surface area contributed by atoms with Crippen molar-refractivity contribution in [2.24, 2.45) is 0 Å². The van der Waals surface area contributed by atoms with Crippen LogP contribution in [0.1, 0.15) is 36.9 Å². The van der Waals surface area contributed by atoms with E-state index in [9.17, 15) is 14.7 Å². The number of halogens is 1. The van der Waals surface area contributed by atoms with Crippen LogP contribution in [0.25, 0.3) is 16.0 Å². The fourth-order valence-corrected chi connectivity index (χ4v) is 5.37. The Labute approximate surface area is 216 Å². The van der Waals surface area contributed by atoms with Crippen molar-refractivity contribution in [2.75, 3.05) is 11.5 Å². The number of aromatic nitrogens is 2. The third kappa shape index (κ3) is 4.45. The van der Waals surface area contributed by atoms with Gasteiger partial charge in [0.05, 0.1) is 28.4 Å². The van der Waals surface area contributed by atoms with Crippen molar-refractivity contribution in [2.45, 2.75) is 25.8 Å². The van der Waals surface area contributed by atoms with Gasteiger partial charge in [0.15, 0.2) is 5.13 Å². The first-order chi connectivity index (χ1) is 17.5. The Morgan fingerprint density at radius 1 is 1.14 bits per heavy atom. The molecule has 0 saturated carbocycles. The van der Waals surface area contributed by atoms with Gasteiger partial charge in [0, 0.05) is 23.0 Å². The number of aliphatic hydroxyl groups excluding tert-OH is 1. The molecule has 1 aliphatic rings. The second kappa shape index (κ2) is 10.1. The smallest absolute Gasteiger partial charge is 0.301 e. The molecule has 7 nitrogen and oxygen atoms in total. The number of benzene rings is 2. The maximum atomic E-state index is 13.4. The van der Waals surface area contributed by atoms with Crippen LogP contribution in [-0.4, -0.2) is 33.4 Å².